The van der Waals surface area contributed by atoms with Gasteiger partial charge in [-0.25, -0.2) is 0 Å². The summed E-state index contributed by atoms with van der Waals surface area (Å²) in [6, 6.07) is 7.55. The third-order valence-corrected chi connectivity index (χ3v) is 3.50. The molecule has 1 heterocycles. The Morgan fingerprint density at radius 1 is 1.17 bits per heavy atom. The molecule has 1 aromatic heterocycles. The lowest BCUT2D eigenvalue weighted by Crippen LogP contribution is -2.13. The molecule has 0 fully saturated rings. The van der Waals surface area contributed by atoms with Crippen LogP contribution in [-0.2, 0) is 6.42 Å². The third kappa shape index (κ3) is 3.22. The monoisotopic (exact) mass is 280 g/mol. The molecule has 0 aliphatic rings. The molecule has 0 saturated heterocycles. The van der Waals surface area contributed by atoms with Gasteiger partial charge in [-0.3, -0.25) is 4.98 Å². The Morgan fingerprint density at radius 3 is 2.61 bits per heavy atom. The molecule has 0 spiro atoms. The van der Waals surface area contributed by atoms with Crippen molar-refractivity contribution in [2.75, 3.05) is 0 Å². The Kier molecular flexibility index (Phi) is 4.23. The molecule has 0 radical (unpaired) electrons. The smallest absolute Gasteiger partial charge is 0.0595 e. The van der Waals surface area contributed by atoms with E-state index in [0.717, 1.165) is 16.7 Å². The molecule has 18 heavy (non-hydrogen) atoms. The van der Waals surface area contributed by atoms with E-state index in [2.05, 4.69) is 11.1 Å². The molecule has 0 bridgehead atoms. The van der Waals surface area contributed by atoms with Gasteiger partial charge in [0.1, 0.15) is 0 Å². The molecule has 0 aliphatic heterocycles. The van der Waals surface area contributed by atoms with Crippen LogP contribution in [0.5, 0.6) is 0 Å². The van der Waals surface area contributed by atoms with E-state index < -0.39 is 0 Å². The van der Waals surface area contributed by atoms with Crippen LogP contribution in [-0.4, -0.2) is 4.98 Å². The quantitative estimate of drug-likeness (QED) is 0.925. The maximum Gasteiger partial charge on any atom is 0.0595 e. The van der Waals surface area contributed by atoms with Crippen molar-refractivity contribution in [3.63, 3.8) is 0 Å². The second-order valence-electron chi connectivity index (χ2n) is 4.35. The lowest BCUT2D eigenvalue weighted by Gasteiger charge is -2.12. The number of hydrogen-bond donors (Lipinski definition) is 1. The minimum atomic E-state index is -0.0883. The standard InChI is InChI=1S/C14H14Cl2N2/c1-9-4-11(8-18-7-9)14(17)6-10-2-3-12(15)13(16)5-10/h2-5,7-8,14H,6,17H2,1H3. The van der Waals surface area contributed by atoms with Crippen molar-refractivity contribution in [3.8, 4) is 0 Å². The zero-order valence-corrected chi connectivity index (χ0v) is 11.5. The fourth-order valence-electron chi connectivity index (χ4n) is 1.82. The topological polar surface area (TPSA) is 38.9 Å². The molecular formula is C14H14Cl2N2. The van der Waals surface area contributed by atoms with Crippen molar-refractivity contribution >= 4 is 23.2 Å². The van der Waals surface area contributed by atoms with Crippen LogP contribution in [0.25, 0.3) is 0 Å². The Hall–Kier alpha value is -1.09. The van der Waals surface area contributed by atoms with Crippen LogP contribution >= 0.6 is 23.2 Å². The number of hydrogen-bond acceptors (Lipinski definition) is 2. The number of pyridine rings is 1. The largest absolute Gasteiger partial charge is 0.324 e. The predicted octanol–water partition coefficient (Wildman–Crippen LogP) is 3.94. The SMILES string of the molecule is Cc1cncc(C(N)Cc2ccc(Cl)c(Cl)c2)c1. The number of halogens is 2. The summed E-state index contributed by atoms with van der Waals surface area (Å²) in [6.07, 6.45) is 4.33. The fraction of sp³-hybridized carbons (Fsp3) is 0.214. The molecule has 4 heteroatoms. The van der Waals surface area contributed by atoms with Crippen molar-refractivity contribution in [1.82, 2.24) is 4.98 Å². The third-order valence-electron chi connectivity index (χ3n) is 2.76. The van der Waals surface area contributed by atoms with E-state index >= 15 is 0 Å². The summed E-state index contributed by atoms with van der Waals surface area (Å²) >= 11 is 11.9. The van der Waals surface area contributed by atoms with Gasteiger partial charge in [0.15, 0.2) is 0 Å². The normalized spacial score (nSPS) is 12.4. The lowest BCUT2D eigenvalue weighted by molar-refractivity contribution is 0.717. The van der Waals surface area contributed by atoms with Gasteiger partial charge >= 0.3 is 0 Å². The molecular weight excluding hydrogens is 267 g/mol. The van der Waals surface area contributed by atoms with Crippen LogP contribution in [0.15, 0.2) is 36.7 Å². The summed E-state index contributed by atoms with van der Waals surface area (Å²) in [5.74, 6) is 0. The van der Waals surface area contributed by atoms with E-state index in [0.29, 0.717) is 16.5 Å². The van der Waals surface area contributed by atoms with Crippen molar-refractivity contribution in [2.45, 2.75) is 19.4 Å². The Morgan fingerprint density at radius 2 is 1.94 bits per heavy atom. The molecule has 1 aromatic carbocycles. The van der Waals surface area contributed by atoms with Crippen LogP contribution in [0.1, 0.15) is 22.7 Å². The molecule has 2 nitrogen and oxygen atoms in total. The molecule has 0 aliphatic carbocycles. The molecule has 94 valence electrons. The highest BCUT2D eigenvalue weighted by atomic mass is 35.5. The summed E-state index contributed by atoms with van der Waals surface area (Å²) in [7, 11) is 0. The first-order valence-electron chi connectivity index (χ1n) is 5.67. The van der Waals surface area contributed by atoms with Gasteiger partial charge in [-0.15, -0.1) is 0 Å². The van der Waals surface area contributed by atoms with Crippen LogP contribution in [0.4, 0.5) is 0 Å². The summed E-state index contributed by atoms with van der Waals surface area (Å²) in [4.78, 5) is 4.15. The van der Waals surface area contributed by atoms with E-state index in [1.807, 2.05) is 25.3 Å². The lowest BCUT2D eigenvalue weighted by atomic mass is 10.0. The number of aromatic nitrogens is 1. The van der Waals surface area contributed by atoms with Gasteiger partial charge in [0.25, 0.3) is 0 Å². The first-order valence-corrected chi connectivity index (χ1v) is 6.43. The molecule has 0 saturated carbocycles. The van der Waals surface area contributed by atoms with Gasteiger partial charge in [-0.2, -0.15) is 0 Å². The Balaban J connectivity index is 2.16. The van der Waals surface area contributed by atoms with Crippen molar-refractivity contribution in [1.29, 1.82) is 0 Å². The number of aryl methyl sites for hydroxylation is 1. The minimum Gasteiger partial charge on any atom is -0.324 e. The predicted molar refractivity (Wildman–Crippen MR) is 76.1 cm³/mol. The molecule has 0 amide bonds. The van der Waals surface area contributed by atoms with Crippen molar-refractivity contribution in [2.24, 2.45) is 5.73 Å². The van der Waals surface area contributed by atoms with Crippen molar-refractivity contribution in [3.05, 3.63) is 63.4 Å². The van der Waals surface area contributed by atoms with Gasteiger partial charge < -0.3 is 5.73 Å². The Bertz CT molecular complexity index is 555. The highest BCUT2D eigenvalue weighted by Crippen LogP contribution is 2.25. The highest BCUT2D eigenvalue weighted by molar-refractivity contribution is 6.42. The summed E-state index contributed by atoms with van der Waals surface area (Å²) in [6.45, 7) is 2.00. The maximum absolute atomic E-state index is 6.17. The number of benzene rings is 1. The van der Waals surface area contributed by atoms with E-state index in [1.165, 1.54) is 0 Å². The fourth-order valence-corrected chi connectivity index (χ4v) is 2.14. The first kappa shape index (κ1) is 13.3. The first-order chi connectivity index (χ1) is 8.56. The summed E-state index contributed by atoms with van der Waals surface area (Å²) in [5, 5.41) is 1.12. The number of rotatable bonds is 3. The molecule has 1 atom stereocenters. The van der Waals surface area contributed by atoms with Gasteiger partial charge in [0, 0.05) is 18.4 Å². The zero-order valence-electron chi connectivity index (χ0n) is 10.0. The summed E-state index contributed by atoms with van der Waals surface area (Å²) in [5.41, 5.74) is 9.37. The van der Waals surface area contributed by atoms with Gasteiger partial charge in [0.05, 0.1) is 10.0 Å². The molecule has 2 rings (SSSR count). The molecule has 2 aromatic rings. The van der Waals surface area contributed by atoms with Gasteiger partial charge in [-0.05, 0) is 42.2 Å². The van der Waals surface area contributed by atoms with E-state index in [9.17, 15) is 0 Å². The van der Waals surface area contributed by atoms with Gasteiger partial charge in [-0.1, -0.05) is 35.3 Å². The van der Waals surface area contributed by atoms with Crippen LogP contribution in [0, 0.1) is 6.92 Å². The average Bonchev–Trinajstić information content (AvgIpc) is 2.34. The van der Waals surface area contributed by atoms with Gasteiger partial charge in [0.2, 0.25) is 0 Å². The maximum atomic E-state index is 6.17. The number of nitrogens with two attached hydrogens (primary N) is 1. The molecule has 2 N–H and O–H groups in total. The second-order valence-corrected chi connectivity index (χ2v) is 5.17. The van der Waals surface area contributed by atoms with Crippen LogP contribution in [0.2, 0.25) is 10.0 Å². The second kappa shape index (κ2) is 5.70. The number of nitrogens with zero attached hydrogens (tertiary/aromatic N) is 1. The van der Waals surface area contributed by atoms with Crippen molar-refractivity contribution < 1.29 is 0 Å². The summed E-state index contributed by atoms with van der Waals surface area (Å²) < 4.78 is 0. The zero-order chi connectivity index (χ0) is 13.1. The van der Waals surface area contributed by atoms with E-state index in [1.54, 1.807) is 12.3 Å². The minimum absolute atomic E-state index is 0.0883. The van der Waals surface area contributed by atoms with Crippen LogP contribution < -0.4 is 5.73 Å². The molecule has 1 unspecified atom stereocenters. The van der Waals surface area contributed by atoms with E-state index in [4.69, 9.17) is 28.9 Å². The van der Waals surface area contributed by atoms with E-state index in [-0.39, 0.29) is 6.04 Å². The van der Waals surface area contributed by atoms with Crippen LogP contribution in [0.3, 0.4) is 0 Å². The highest BCUT2D eigenvalue weighted by Gasteiger charge is 2.09. The Labute approximate surface area is 117 Å². The average molecular weight is 281 g/mol.